The summed E-state index contributed by atoms with van der Waals surface area (Å²) in [5.41, 5.74) is 10.1. The molecule has 0 heterocycles. The first-order valence-electron chi connectivity index (χ1n) is 18.1. The van der Waals surface area contributed by atoms with Gasteiger partial charge in [0.25, 0.3) is 0 Å². The molecule has 0 spiro atoms. The number of hydrazone groups is 1. The van der Waals surface area contributed by atoms with Gasteiger partial charge in [0.05, 0.1) is 12.1 Å². The van der Waals surface area contributed by atoms with Crippen LogP contribution >= 0.6 is 0 Å². The number of aliphatic imine (C=N–C) groups is 1. The lowest BCUT2D eigenvalue weighted by Gasteiger charge is -2.27. The van der Waals surface area contributed by atoms with Crippen LogP contribution in [0.1, 0.15) is 93.7 Å². The summed E-state index contributed by atoms with van der Waals surface area (Å²) in [6.45, 7) is 3.42. The summed E-state index contributed by atoms with van der Waals surface area (Å²) in [6.07, 6.45) is 15.5. The smallest absolute Gasteiger partial charge is 0.219 e. The number of anilines is 1. The zero-order valence-electron chi connectivity index (χ0n) is 31.2. The monoisotopic (exact) mass is 706 g/mol. The lowest BCUT2D eigenvalue weighted by atomic mass is 9.91. The molecule has 1 aliphatic rings. The maximum atomic E-state index is 11.2. The first-order chi connectivity index (χ1) is 24.8. The average molecular weight is 707 g/mol. The van der Waals surface area contributed by atoms with Gasteiger partial charge in [0.1, 0.15) is 18.3 Å². The number of benzene rings is 2. The van der Waals surface area contributed by atoms with Crippen molar-refractivity contribution in [2.75, 3.05) is 33.4 Å². The van der Waals surface area contributed by atoms with Crippen LogP contribution in [0.4, 0.5) is 5.69 Å². The Balaban J connectivity index is 0.000000526. The molecule has 0 saturated heterocycles. The number of hydrogen-bond donors (Lipinski definition) is 5. The van der Waals surface area contributed by atoms with Crippen LogP contribution in [0.25, 0.3) is 0 Å². The van der Waals surface area contributed by atoms with Crippen molar-refractivity contribution in [3.05, 3.63) is 65.2 Å². The molecule has 3 rings (SSSR count). The van der Waals surface area contributed by atoms with Gasteiger partial charge in [0, 0.05) is 49.9 Å². The third kappa shape index (κ3) is 19.5. The predicted octanol–water partition coefficient (Wildman–Crippen LogP) is 4.33. The Labute approximate surface area is 305 Å². The van der Waals surface area contributed by atoms with Crippen LogP contribution in [0.15, 0.2) is 58.6 Å². The third-order valence-corrected chi connectivity index (χ3v) is 8.66. The summed E-state index contributed by atoms with van der Waals surface area (Å²) in [5, 5.41) is 13.0. The lowest BCUT2D eigenvalue weighted by Crippen LogP contribution is -2.35. The van der Waals surface area contributed by atoms with E-state index in [2.05, 4.69) is 21.1 Å². The van der Waals surface area contributed by atoms with E-state index >= 15 is 0 Å². The van der Waals surface area contributed by atoms with Crippen LogP contribution in [0.2, 0.25) is 0 Å². The quantitative estimate of drug-likeness (QED) is 0.0337. The second-order valence-corrected chi connectivity index (χ2v) is 12.7. The Morgan fingerprint density at radius 3 is 2.18 bits per heavy atom. The summed E-state index contributed by atoms with van der Waals surface area (Å²) in [6, 6.07) is 15.6. The minimum Gasteiger partial charge on any atom is -0.399 e. The maximum absolute atomic E-state index is 11.2. The molecule has 0 radical (unpaired) electrons. The molecule has 1 fully saturated rings. The fraction of sp³-hybridized carbons (Fsp3) is 0.538. The van der Waals surface area contributed by atoms with Crippen LogP contribution in [-0.2, 0) is 25.7 Å². The highest BCUT2D eigenvalue weighted by atomic mass is 16.2. The maximum Gasteiger partial charge on any atom is 0.219 e. The summed E-state index contributed by atoms with van der Waals surface area (Å²) >= 11 is 0. The highest BCUT2D eigenvalue weighted by Crippen LogP contribution is 2.21. The molecule has 2 aromatic rings. The number of rotatable bonds is 20. The number of carbonyl (C=O) groups is 4. The fourth-order valence-electron chi connectivity index (χ4n) is 5.58. The number of amides is 2. The van der Waals surface area contributed by atoms with Crippen molar-refractivity contribution >= 4 is 42.5 Å². The summed E-state index contributed by atoms with van der Waals surface area (Å²) in [5.74, 6) is 5.69. The SMILES string of the molecule is CNC.CNC(=O)CCCCCCCNC1CCC(N=C/C(=N\N)c2ccc(N)cc2)CC1.Cc1ccccc1CN(C=O)C(C=O)CCC=O. The van der Waals surface area contributed by atoms with Gasteiger partial charge in [-0.25, -0.2) is 0 Å². The van der Waals surface area contributed by atoms with E-state index in [4.69, 9.17) is 16.6 Å². The van der Waals surface area contributed by atoms with E-state index in [9.17, 15) is 19.2 Å². The molecule has 1 atom stereocenters. The van der Waals surface area contributed by atoms with Crippen LogP contribution in [0, 0.1) is 6.92 Å². The van der Waals surface area contributed by atoms with Gasteiger partial charge in [0.2, 0.25) is 12.3 Å². The number of hydrogen-bond acceptors (Lipinski definition) is 10. The van der Waals surface area contributed by atoms with Gasteiger partial charge in [0.15, 0.2) is 0 Å². The van der Waals surface area contributed by atoms with Crippen LogP contribution in [0.3, 0.4) is 0 Å². The van der Waals surface area contributed by atoms with Crippen LogP contribution < -0.4 is 27.5 Å². The molecule has 0 bridgehead atoms. The normalized spacial score (nSPS) is 16.1. The Morgan fingerprint density at radius 1 is 0.941 bits per heavy atom. The van der Waals surface area contributed by atoms with E-state index < -0.39 is 6.04 Å². The Kier molecular flexibility index (Phi) is 24.7. The topological polar surface area (TPSA) is 184 Å². The third-order valence-electron chi connectivity index (χ3n) is 8.66. The number of aldehydes is 2. The van der Waals surface area contributed by atoms with Crippen molar-refractivity contribution in [2.24, 2.45) is 15.9 Å². The Hall–Kier alpha value is -4.42. The molecule has 282 valence electrons. The molecule has 7 N–H and O–H groups in total. The number of unbranched alkanes of at least 4 members (excludes halogenated alkanes) is 4. The Bertz CT molecular complexity index is 1310. The molecule has 1 unspecified atom stereocenters. The fourth-order valence-corrected chi connectivity index (χ4v) is 5.58. The van der Waals surface area contributed by atoms with E-state index in [-0.39, 0.29) is 12.3 Å². The zero-order valence-corrected chi connectivity index (χ0v) is 31.2. The van der Waals surface area contributed by atoms with Gasteiger partial charge in [-0.05, 0) is 95.8 Å². The molecule has 51 heavy (non-hydrogen) atoms. The second kappa shape index (κ2) is 28.3. The van der Waals surface area contributed by atoms with E-state index in [1.165, 1.54) is 24.2 Å². The Morgan fingerprint density at radius 2 is 1.59 bits per heavy atom. The first kappa shape index (κ1) is 44.6. The molecule has 12 nitrogen and oxygen atoms in total. The van der Waals surface area contributed by atoms with Gasteiger partial charge in [-0.2, -0.15) is 5.10 Å². The van der Waals surface area contributed by atoms with Gasteiger partial charge in [-0.1, -0.05) is 55.7 Å². The molecule has 1 saturated carbocycles. The summed E-state index contributed by atoms with van der Waals surface area (Å²) < 4.78 is 0. The van der Waals surface area contributed by atoms with Gasteiger partial charge >= 0.3 is 0 Å². The summed E-state index contributed by atoms with van der Waals surface area (Å²) in [7, 11) is 5.45. The standard InChI is InChI=1S/C23H38N6O.C14H17NO3.C2H7N/c1-26-23(30)7-5-3-2-4-6-16-27-20-12-14-21(15-13-20)28-17-22(29-25)18-8-10-19(24)11-9-18;1-12-5-2-3-6-13(12)9-15(11-18)14(10-17)7-4-8-16;1-3-2/h8-11,17,20-21,27H,2-7,12-16,24-25H2,1H3,(H,26,30);2-3,5-6,8,10-11,14H,4,7,9H2,1H3;3H,1-2H3/b28-17?,29-22+;;. The molecule has 0 aliphatic heterocycles. The van der Waals surface area contributed by atoms with Gasteiger partial charge in [-0.15, -0.1) is 0 Å². The van der Waals surface area contributed by atoms with E-state index in [0.29, 0.717) is 43.6 Å². The molecule has 1 aliphatic carbocycles. The van der Waals surface area contributed by atoms with Gasteiger partial charge < -0.3 is 42.0 Å². The number of nitrogens with one attached hydrogen (secondary N) is 3. The minimum absolute atomic E-state index is 0.147. The molecular formula is C39H62N8O4. The zero-order chi connectivity index (χ0) is 37.7. The first-order valence-corrected chi connectivity index (χ1v) is 18.1. The second-order valence-electron chi connectivity index (χ2n) is 12.7. The van der Waals surface area contributed by atoms with E-state index in [1.54, 1.807) is 13.3 Å². The highest BCUT2D eigenvalue weighted by Gasteiger charge is 2.20. The van der Waals surface area contributed by atoms with Crippen molar-refractivity contribution in [2.45, 2.75) is 109 Å². The number of nitrogens with zero attached hydrogens (tertiary/aromatic N) is 3. The van der Waals surface area contributed by atoms with Crippen molar-refractivity contribution in [1.82, 2.24) is 20.9 Å². The molecule has 2 amide bonds. The average Bonchev–Trinajstić information content (AvgIpc) is 3.15. The minimum atomic E-state index is -0.535. The van der Waals surface area contributed by atoms with E-state index in [1.807, 2.05) is 69.6 Å². The number of nitrogen functional groups attached to an aromatic ring is 1. The predicted molar refractivity (Wildman–Crippen MR) is 209 cm³/mol. The highest BCUT2D eigenvalue weighted by molar-refractivity contribution is 6.38. The molecular weight excluding hydrogens is 644 g/mol. The molecule has 12 heteroatoms. The molecule has 2 aromatic carbocycles. The van der Waals surface area contributed by atoms with Crippen molar-refractivity contribution in [3.63, 3.8) is 0 Å². The van der Waals surface area contributed by atoms with Crippen molar-refractivity contribution < 1.29 is 19.2 Å². The van der Waals surface area contributed by atoms with E-state index in [0.717, 1.165) is 80.0 Å². The van der Waals surface area contributed by atoms with Crippen LogP contribution in [0.5, 0.6) is 0 Å². The van der Waals surface area contributed by atoms with Crippen LogP contribution in [-0.4, -0.2) is 87.5 Å². The molecule has 0 aromatic heterocycles. The number of nitrogens with two attached hydrogens (primary N) is 2. The lowest BCUT2D eigenvalue weighted by molar-refractivity contribution is -0.126. The number of aryl methyl sites for hydroxylation is 1. The van der Waals surface area contributed by atoms with Crippen molar-refractivity contribution in [1.29, 1.82) is 0 Å². The summed E-state index contributed by atoms with van der Waals surface area (Å²) in [4.78, 5) is 49.7. The van der Waals surface area contributed by atoms with Crippen molar-refractivity contribution in [3.8, 4) is 0 Å². The number of carbonyl (C=O) groups excluding carboxylic acids is 4. The van der Waals surface area contributed by atoms with Gasteiger partial charge in [-0.3, -0.25) is 14.6 Å². The largest absolute Gasteiger partial charge is 0.399 e.